The van der Waals surface area contributed by atoms with Crippen molar-refractivity contribution in [2.45, 2.75) is 11.3 Å². The number of carbonyl (C=O) groups is 2. The second-order valence-electron chi connectivity index (χ2n) is 7.79. The van der Waals surface area contributed by atoms with Crippen molar-refractivity contribution in [3.05, 3.63) is 54.1 Å². The fourth-order valence-electron chi connectivity index (χ4n) is 4.54. The molecule has 1 atom stereocenters. The van der Waals surface area contributed by atoms with Crippen LogP contribution < -0.4 is 14.5 Å². The van der Waals surface area contributed by atoms with E-state index in [-0.39, 0.29) is 11.8 Å². The lowest BCUT2D eigenvalue weighted by molar-refractivity contribution is -0.126. The van der Waals surface area contributed by atoms with Crippen LogP contribution in [-0.4, -0.2) is 62.5 Å². The Kier molecular flexibility index (Phi) is 5.37. The summed E-state index contributed by atoms with van der Waals surface area (Å²) in [4.78, 5) is 32.0. The number of para-hydroxylation sites is 1. The number of hydrogen-bond donors (Lipinski definition) is 0. The van der Waals surface area contributed by atoms with Crippen molar-refractivity contribution in [2.24, 2.45) is 0 Å². The molecule has 3 heterocycles. The highest BCUT2D eigenvalue weighted by atomic mass is 32.2. The number of thioether (sulfide) groups is 1. The molecule has 2 fully saturated rings. The monoisotopic (exact) mass is 439 g/mol. The first-order chi connectivity index (χ1) is 15.1. The van der Waals surface area contributed by atoms with E-state index in [1.165, 1.54) is 0 Å². The number of anilines is 2. The van der Waals surface area contributed by atoms with E-state index in [9.17, 15) is 9.59 Å². The van der Waals surface area contributed by atoms with Crippen LogP contribution in [0, 0.1) is 0 Å². The van der Waals surface area contributed by atoms with Crippen LogP contribution in [0.1, 0.15) is 12.0 Å². The van der Waals surface area contributed by atoms with Gasteiger partial charge in [0.25, 0.3) is 5.91 Å². The number of benzene rings is 2. The Morgan fingerprint density at radius 2 is 1.81 bits per heavy atom. The molecule has 162 valence electrons. The van der Waals surface area contributed by atoms with E-state index in [0.717, 1.165) is 24.3 Å². The highest BCUT2D eigenvalue weighted by molar-refractivity contribution is 8.01. The fourth-order valence-corrected chi connectivity index (χ4v) is 6.01. The maximum absolute atomic E-state index is 14.1. The predicted octanol–water partition coefficient (Wildman–Crippen LogP) is 2.65. The van der Waals surface area contributed by atoms with E-state index in [2.05, 4.69) is 4.90 Å². The number of fused-ring (bicyclic) bond motifs is 2. The average Bonchev–Trinajstić information content (AvgIpc) is 3.03. The Labute approximate surface area is 185 Å². The van der Waals surface area contributed by atoms with Crippen molar-refractivity contribution in [1.29, 1.82) is 0 Å². The van der Waals surface area contributed by atoms with Crippen LogP contribution in [0.2, 0.25) is 0 Å². The van der Waals surface area contributed by atoms with E-state index in [4.69, 9.17) is 9.47 Å². The van der Waals surface area contributed by atoms with Crippen molar-refractivity contribution >= 4 is 35.0 Å². The Morgan fingerprint density at radius 1 is 1.06 bits per heavy atom. The molecular formula is C23H25N3O4S. The van der Waals surface area contributed by atoms with Crippen molar-refractivity contribution in [1.82, 2.24) is 4.90 Å². The van der Waals surface area contributed by atoms with Gasteiger partial charge in [-0.1, -0.05) is 18.2 Å². The molecule has 3 aliphatic rings. The summed E-state index contributed by atoms with van der Waals surface area (Å²) in [5.74, 6) is 1.22. The van der Waals surface area contributed by atoms with Gasteiger partial charge in [-0.05, 0) is 30.3 Å². The van der Waals surface area contributed by atoms with Gasteiger partial charge < -0.3 is 9.47 Å². The van der Waals surface area contributed by atoms with Crippen LogP contribution >= 0.6 is 11.8 Å². The first kappa shape index (κ1) is 20.4. The molecule has 3 aliphatic heterocycles. The Bertz CT molecular complexity index is 993. The summed E-state index contributed by atoms with van der Waals surface area (Å²) in [6.45, 7) is 3.40. The molecule has 1 spiro atoms. The summed E-state index contributed by atoms with van der Waals surface area (Å²) in [6.07, 6.45) is 0.400. The van der Waals surface area contributed by atoms with Gasteiger partial charge in [-0.2, -0.15) is 0 Å². The number of hydrogen-bond acceptors (Lipinski definition) is 6. The molecule has 0 radical (unpaired) electrons. The summed E-state index contributed by atoms with van der Waals surface area (Å²) in [6, 6.07) is 15.2. The van der Waals surface area contributed by atoms with Gasteiger partial charge in [0, 0.05) is 36.5 Å². The lowest BCUT2D eigenvalue weighted by Crippen LogP contribution is -2.57. The zero-order valence-corrected chi connectivity index (χ0v) is 18.3. The van der Waals surface area contributed by atoms with Crippen LogP contribution in [0.25, 0.3) is 0 Å². The standard InChI is InChI=1S/C23H25N3O4S/c1-29-18-8-6-17(7-9-18)26-21(27)10-15-31-23(26)19-4-2-3-5-20(19)25(22(23)28)16-24-11-13-30-14-12-24/h2-9H,10-16H2,1H3/t23-/m0/s1. The Morgan fingerprint density at radius 3 is 2.55 bits per heavy atom. The van der Waals surface area contributed by atoms with Crippen molar-refractivity contribution < 1.29 is 19.1 Å². The van der Waals surface area contributed by atoms with Gasteiger partial charge in [0.2, 0.25) is 10.8 Å². The van der Waals surface area contributed by atoms with Crippen LogP contribution in [-0.2, 0) is 19.2 Å². The second-order valence-corrected chi connectivity index (χ2v) is 9.08. The maximum Gasteiger partial charge on any atom is 0.269 e. The van der Waals surface area contributed by atoms with Gasteiger partial charge in [0.15, 0.2) is 0 Å². The van der Waals surface area contributed by atoms with E-state index < -0.39 is 4.87 Å². The Hall–Kier alpha value is -2.55. The molecule has 7 nitrogen and oxygen atoms in total. The number of carbonyl (C=O) groups excluding carboxylic acids is 2. The number of rotatable bonds is 4. The highest BCUT2D eigenvalue weighted by Crippen LogP contribution is 2.54. The molecule has 0 aromatic heterocycles. The molecule has 5 rings (SSSR count). The molecule has 2 aromatic carbocycles. The number of nitrogens with zero attached hydrogens (tertiary/aromatic N) is 3. The minimum Gasteiger partial charge on any atom is -0.497 e. The minimum atomic E-state index is -1.09. The lowest BCUT2D eigenvalue weighted by atomic mass is 10.0. The van der Waals surface area contributed by atoms with Gasteiger partial charge in [-0.3, -0.25) is 24.3 Å². The maximum atomic E-state index is 14.1. The van der Waals surface area contributed by atoms with Gasteiger partial charge in [-0.15, -0.1) is 11.8 Å². The average molecular weight is 440 g/mol. The van der Waals surface area contributed by atoms with E-state index in [1.807, 2.05) is 53.4 Å². The summed E-state index contributed by atoms with van der Waals surface area (Å²) in [7, 11) is 1.61. The van der Waals surface area contributed by atoms with Gasteiger partial charge in [-0.25, -0.2) is 0 Å². The third-order valence-electron chi connectivity index (χ3n) is 6.06. The molecule has 2 saturated heterocycles. The lowest BCUT2D eigenvalue weighted by Gasteiger charge is -2.43. The molecule has 31 heavy (non-hydrogen) atoms. The number of ether oxygens (including phenoxy) is 2. The normalized spacial score (nSPS) is 24.0. The van der Waals surface area contributed by atoms with Crippen LogP contribution in [0.4, 0.5) is 11.4 Å². The van der Waals surface area contributed by atoms with Crippen LogP contribution in [0.3, 0.4) is 0 Å². The summed E-state index contributed by atoms with van der Waals surface area (Å²) in [5, 5.41) is 0. The van der Waals surface area contributed by atoms with E-state index in [0.29, 0.717) is 43.5 Å². The number of methoxy groups -OCH3 is 1. The highest BCUT2D eigenvalue weighted by Gasteiger charge is 2.59. The van der Waals surface area contributed by atoms with Crippen LogP contribution in [0.5, 0.6) is 5.75 Å². The molecule has 8 heteroatoms. The second kappa shape index (κ2) is 8.18. The Balaban J connectivity index is 1.59. The smallest absolute Gasteiger partial charge is 0.269 e. The predicted molar refractivity (Wildman–Crippen MR) is 120 cm³/mol. The quantitative estimate of drug-likeness (QED) is 0.730. The van der Waals surface area contributed by atoms with Crippen molar-refractivity contribution in [3.63, 3.8) is 0 Å². The van der Waals surface area contributed by atoms with E-state index in [1.54, 1.807) is 23.8 Å². The van der Waals surface area contributed by atoms with Crippen LogP contribution in [0.15, 0.2) is 48.5 Å². The molecule has 2 amide bonds. The first-order valence-corrected chi connectivity index (χ1v) is 11.5. The third kappa shape index (κ3) is 3.30. The fraction of sp³-hybridized carbons (Fsp3) is 0.391. The van der Waals surface area contributed by atoms with E-state index >= 15 is 0 Å². The number of amides is 2. The zero-order chi connectivity index (χ0) is 21.4. The summed E-state index contributed by atoms with van der Waals surface area (Å²) < 4.78 is 10.7. The minimum absolute atomic E-state index is 0.0414. The molecule has 0 saturated carbocycles. The first-order valence-electron chi connectivity index (χ1n) is 10.5. The van der Waals surface area contributed by atoms with Gasteiger partial charge in [0.05, 0.1) is 32.7 Å². The molecule has 0 unspecified atom stereocenters. The van der Waals surface area contributed by atoms with Crippen molar-refractivity contribution in [2.75, 3.05) is 55.6 Å². The molecule has 0 N–H and O–H groups in total. The van der Waals surface area contributed by atoms with Crippen molar-refractivity contribution in [3.8, 4) is 5.75 Å². The largest absolute Gasteiger partial charge is 0.497 e. The summed E-state index contributed by atoms with van der Waals surface area (Å²) in [5.41, 5.74) is 2.45. The van der Waals surface area contributed by atoms with Gasteiger partial charge in [0.1, 0.15) is 5.75 Å². The summed E-state index contributed by atoms with van der Waals surface area (Å²) >= 11 is 1.55. The number of morpholine rings is 1. The SMILES string of the molecule is COc1ccc(N2C(=O)CCS[C@@]23C(=O)N(CN2CCOCC2)c2ccccc23)cc1. The third-order valence-corrected chi connectivity index (χ3v) is 7.47. The molecule has 2 aromatic rings. The van der Waals surface area contributed by atoms with Gasteiger partial charge >= 0.3 is 0 Å². The molecule has 0 aliphatic carbocycles. The zero-order valence-electron chi connectivity index (χ0n) is 17.5. The topological polar surface area (TPSA) is 62.3 Å². The molecule has 0 bridgehead atoms. The molecular weight excluding hydrogens is 414 g/mol.